The Morgan fingerprint density at radius 3 is 2.80 bits per heavy atom. The number of ether oxygens (including phenoxy) is 1. The molecule has 1 saturated heterocycles. The third-order valence-electron chi connectivity index (χ3n) is 2.26. The van der Waals surface area contributed by atoms with Crippen molar-refractivity contribution in [3.8, 4) is 0 Å². The van der Waals surface area contributed by atoms with Crippen molar-refractivity contribution in [1.29, 1.82) is 0 Å². The zero-order chi connectivity index (χ0) is 10.6. The number of rotatable bonds is 3. The van der Waals surface area contributed by atoms with E-state index in [9.17, 15) is 4.79 Å². The summed E-state index contributed by atoms with van der Waals surface area (Å²) < 4.78 is 5.28. The van der Waals surface area contributed by atoms with Crippen LogP contribution in [0.3, 0.4) is 0 Å². The minimum absolute atomic E-state index is 0. The molecule has 0 aromatic carbocycles. The molecule has 0 saturated carbocycles. The number of carbonyl (C=O) groups is 1. The summed E-state index contributed by atoms with van der Waals surface area (Å²) in [4.78, 5) is 13.5. The summed E-state index contributed by atoms with van der Waals surface area (Å²) in [6, 6.07) is 0.395. The maximum absolute atomic E-state index is 11.6. The number of halogens is 1. The lowest BCUT2D eigenvalue weighted by Gasteiger charge is -2.32. The molecular formula is C10H21ClN2O2. The molecule has 15 heavy (non-hydrogen) atoms. The first-order chi connectivity index (χ1) is 6.59. The second-order valence-corrected chi connectivity index (χ2v) is 4.05. The van der Waals surface area contributed by atoms with Gasteiger partial charge in [0.15, 0.2) is 0 Å². The molecule has 1 heterocycles. The normalized spacial score (nSPS) is 21.3. The van der Waals surface area contributed by atoms with Gasteiger partial charge in [0.2, 0.25) is 5.91 Å². The molecule has 1 amide bonds. The SMILES string of the molecule is CC(C)OCC(=O)N1CCN[C@H](C)C1.Cl. The van der Waals surface area contributed by atoms with Gasteiger partial charge in [-0.3, -0.25) is 4.79 Å². The van der Waals surface area contributed by atoms with E-state index in [1.165, 1.54) is 0 Å². The number of hydrogen-bond donors (Lipinski definition) is 1. The van der Waals surface area contributed by atoms with Crippen molar-refractivity contribution >= 4 is 18.3 Å². The first-order valence-corrected chi connectivity index (χ1v) is 5.22. The highest BCUT2D eigenvalue weighted by Gasteiger charge is 2.20. The van der Waals surface area contributed by atoms with Gasteiger partial charge in [-0.05, 0) is 20.8 Å². The van der Waals surface area contributed by atoms with Crippen LogP contribution in [0.25, 0.3) is 0 Å². The highest BCUT2D eigenvalue weighted by molar-refractivity contribution is 5.85. The van der Waals surface area contributed by atoms with Gasteiger partial charge in [0.1, 0.15) is 6.61 Å². The molecule has 4 nitrogen and oxygen atoms in total. The Morgan fingerprint density at radius 2 is 2.27 bits per heavy atom. The van der Waals surface area contributed by atoms with E-state index in [-0.39, 0.29) is 31.0 Å². The molecule has 0 bridgehead atoms. The van der Waals surface area contributed by atoms with Gasteiger partial charge in [-0.2, -0.15) is 0 Å². The van der Waals surface area contributed by atoms with Crippen molar-refractivity contribution in [2.45, 2.75) is 32.9 Å². The van der Waals surface area contributed by atoms with Gasteiger partial charge >= 0.3 is 0 Å². The fourth-order valence-electron chi connectivity index (χ4n) is 1.49. The predicted molar refractivity (Wildman–Crippen MR) is 62.4 cm³/mol. The monoisotopic (exact) mass is 236 g/mol. The number of carbonyl (C=O) groups excluding carboxylic acids is 1. The molecule has 1 atom stereocenters. The maximum Gasteiger partial charge on any atom is 0.248 e. The Labute approximate surface area is 97.8 Å². The molecule has 0 radical (unpaired) electrons. The minimum Gasteiger partial charge on any atom is -0.369 e. The molecule has 1 N–H and O–H groups in total. The van der Waals surface area contributed by atoms with Crippen molar-refractivity contribution in [3.63, 3.8) is 0 Å². The summed E-state index contributed by atoms with van der Waals surface area (Å²) in [5.74, 6) is 0.104. The fraction of sp³-hybridized carbons (Fsp3) is 0.900. The maximum atomic E-state index is 11.6. The van der Waals surface area contributed by atoms with Crippen LogP contribution in [0, 0.1) is 0 Å². The molecule has 5 heteroatoms. The third-order valence-corrected chi connectivity index (χ3v) is 2.26. The average Bonchev–Trinajstić information content (AvgIpc) is 2.14. The lowest BCUT2D eigenvalue weighted by molar-refractivity contribution is -0.138. The van der Waals surface area contributed by atoms with Crippen LogP contribution in [-0.2, 0) is 9.53 Å². The molecule has 0 aliphatic carbocycles. The van der Waals surface area contributed by atoms with E-state index in [2.05, 4.69) is 12.2 Å². The zero-order valence-corrected chi connectivity index (χ0v) is 10.5. The Balaban J connectivity index is 0.00000196. The average molecular weight is 237 g/mol. The van der Waals surface area contributed by atoms with Crippen LogP contribution in [0.4, 0.5) is 0 Å². The lowest BCUT2D eigenvalue weighted by atomic mass is 10.2. The molecule has 1 fully saturated rings. The van der Waals surface area contributed by atoms with Crippen molar-refractivity contribution in [2.75, 3.05) is 26.2 Å². The summed E-state index contributed by atoms with van der Waals surface area (Å²) in [5, 5.41) is 3.30. The molecule has 0 spiro atoms. The number of hydrogen-bond acceptors (Lipinski definition) is 3. The van der Waals surface area contributed by atoms with Gasteiger partial charge in [-0.25, -0.2) is 0 Å². The smallest absolute Gasteiger partial charge is 0.248 e. The Hall–Kier alpha value is -0.320. The lowest BCUT2D eigenvalue weighted by Crippen LogP contribution is -2.52. The van der Waals surface area contributed by atoms with E-state index in [0.29, 0.717) is 6.04 Å². The third kappa shape index (κ3) is 5.35. The standard InChI is InChI=1S/C10H20N2O2.ClH/c1-8(2)14-7-10(13)12-5-4-11-9(3)6-12;/h8-9,11H,4-7H2,1-3H3;1H/t9-;/m1./s1. The Morgan fingerprint density at radius 1 is 1.60 bits per heavy atom. The van der Waals surface area contributed by atoms with Crippen molar-refractivity contribution in [3.05, 3.63) is 0 Å². The van der Waals surface area contributed by atoms with E-state index in [4.69, 9.17) is 4.74 Å². The van der Waals surface area contributed by atoms with Gasteiger partial charge in [0.25, 0.3) is 0 Å². The van der Waals surface area contributed by atoms with E-state index in [1.807, 2.05) is 18.7 Å². The molecule has 90 valence electrons. The van der Waals surface area contributed by atoms with Crippen LogP contribution in [0.5, 0.6) is 0 Å². The van der Waals surface area contributed by atoms with E-state index < -0.39 is 0 Å². The van der Waals surface area contributed by atoms with E-state index in [0.717, 1.165) is 19.6 Å². The van der Waals surface area contributed by atoms with Crippen LogP contribution in [0.2, 0.25) is 0 Å². The second-order valence-electron chi connectivity index (χ2n) is 4.05. The molecule has 0 unspecified atom stereocenters. The topological polar surface area (TPSA) is 41.6 Å². The fourth-order valence-corrected chi connectivity index (χ4v) is 1.49. The van der Waals surface area contributed by atoms with Crippen LogP contribution in [0.15, 0.2) is 0 Å². The van der Waals surface area contributed by atoms with Gasteiger partial charge < -0.3 is 15.0 Å². The van der Waals surface area contributed by atoms with Gasteiger partial charge in [0, 0.05) is 25.7 Å². The van der Waals surface area contributed by atoms with Crippen LogP contribution in [-0.4, -0.2) is 49.2 Å². The van der Waals surface area contributed by atoms with Crippen LogP contribution >= 0.6 is 12.4 Å². The summed E-state index contributed by atoms with van der Waals surface area (Å²) >= 11 is 0. The molecule has 1 rings (SSSR count). The number of amides is 1. The molecule has 0 aromatic rings. The van der Waals surface area contributed by atoms with Crippen LogP contribution in [0.1, 0.15) is 20.8 Å². The minimum atomic E-state index is 0. The summed E-state index contributed by atoms with van der Waals surface area (Å²) in [5.41, 5.74) is 0. The highest BCUT2D eigenvalue weighted by atomic mass is 35.5. The van der Waals surface area contributed by atoms with Crippen molar-refractivity contribution in [2.24, 2.45) is 0 Å². The first-order valence-electron chi connectivity index (χ1n) is 5.22. The largest absolute Gasteiger partial charge is 0.369 e. The molecular weight excluding hydrogens is 216 g/mol. The second kappa shape index (κ2) is 7.04. The quantitative estimate of drug-likeness (QED) is 0.783. The Bertz CT molecular complexity index is 200. The molecule has 0 aromatic heterocycles. The molecule has 1 aliphatic heterocycles. The summed E-state index contributed by atoms with van der Waals surface area (Å²) in [7, 11) is 0. The number of piperazine rings is 1. The molecule has 1 aliphatic rings. The van der Waals surface area contributed by atoms with E-state index in [1.54, 1.807) is 0 Å². The highest BCUT2D eigenvalue weighted by Crippen LogP contribution is 2.00. The van der Waals surface area contributed by atoms with Gasteiger partial charge in [-0.1, -0.05) is 0 Å². The first kappa shape index (κ1) is 14.7. The Kier molecular flexibility index (Phi) is 6.89. The van der Waals surface area contributed by atoms with Crippen molar-refractivity contribution in [1.82, 2.24) is 10.2 Å². The van der Waals surface area contributed by atoms with E-state index >= 15 is 0 Å². The predicted octanol–water partition coefficient (Wildman–Crippen LogP) is 0.654. The van der Waals surface area contributed by atoms with Crippen molar-refractivity contribution < 1.29 is 9.53 Å². The summed E-state index contributed by atoms with van der Waals surface area (Å²) in [6.45, 7) is 8.65. The number of nitrogens with one attached hydrogen (secondary N) is 1. The van der Waals surface area contributed by atoms with Gasteiger partial charge in [0.05, 0.1) is 6.10 Å². The zero-order valence-electron chi connectivity index (χ0n) is 9.66. The summed E-state index contributed by atoms with van der Waals surface area (Å²) in [6.07, 6.45) is 0.124. The van der Waals surface area contributed by atoms with Crippen LogP contribution < -0.4 is 5.32 Å². The number of nitrogens with zero attached hydrogens (tertiary/aromatic N) is 1. The van der Waals surface area contributed by atoms with Gasteiger partial charge in [-0.15, -0.1) is 12.4 Å².